The van der Waals surface area contributed by atoms with Crippen LogP contribution in [0.4, 0.5) is 4.39 Å². The third-order valence-electron chi connectivity index (χ3n) is 3.90. The van der Waals surface area contributed by atoms with Gasteiger partial charge in [0.1, 0.15) is 5.75 Å². The molecule has 27 heavy (non-hydrogen) atoms. The van der Waals surface area contributed by atoms with Crippen LogP contribution in [0.1, 0.15) is 10.4 Å². The van der Waals surface area contributed by atoms with E-state index in [2.05, 4.69) is 10.1 Å². The van der Waals surface area contributed by atoms with Crippen LogP contribution in [0.5, 0.6) is 11.5 Å². The molecule has 4 rings (SSSR count). The number of rotatable bonds is 5. The predicted octanol–water partition coefficient (Wildman–Crippen LogP) is 5.20. The Morgan fingerprint density at radius 2 is 1.96 bits per heavy atom. The van der Waals surface area contributed by atoms with Gasteiger partial charge in [-0.05, 0) is 48.9 Å². The Morgan fingerprint density at radius 1 is 1.15 bits per heavy atom. The van der Waals surface area contributed by atoms with Crippen molar-refractivity contribution in [1.82, 2.24) is 10.1 Å². The maximum absolute atomic E-state index is 14.4. The molecule has 0 unspecified atom stereocenters. The third kappa shape index (κ3) is 3.60. The van der Waals surface area contributed by atoms with Crippen molar-refractivity contribution in [3.05, 3.63) is 70.9 Å². The van der Waals surface area contributed by atoms with Crippen molar-refractivity contribution in [2.75, 3.05) is 0 Å². The fourth-order valence-corrected chi connectivity index (χ4v) is 3.57. The normalized spacial score (nSPS) is 10.9. The standard InChI is InChI=1S/C20H15FN2O3S/c1-12-9-15(11-24)27-18(12)19-22-20(26-23-19)13-7-8-17(16(21)10-13)25-14-5-3-2-4-6-14/h2-10,24H,11H2,1H3. The molecule has 0 bridgehead atoms. The minimum Gasteiger partial charge on any atom is -0.454 e. The number of nitrogens with zero attached hydrogens (tertiary/aromatic N) is 2. The highest BCUT2D eigenvalue weighted by molar-refractivity contribution is 7.15. The molecule has 0 aliphatic heterocycles. The highest BCUT2D eigenvalue weighted by atomic mass is 32.1. The lowest BCUT2D eigenvalue weighted by molar-refractivity contribution is 0.285. The maximum Gasteiger partial charge on any atom is 0.258 e. The van der Waals surface area contributed by atoms with Crippen LogP contribution in [0, 0.1) is 12.7 Å². The van der Waals surface area contributed by atoms with Gasteiger partial charge in [0, 0.05) is 10.4 Å². The zero-order valence-corrected chi connectivity index (χ0v) is 15.2. The van der Waals surface area contributed by atoms with Gasteiger partial charge in [-0.25, -0.2) is 4.39 Å². The van der Waals surface area contributed by atoms with Crippen LogP contribution in [0.3, 0.4) is 0 Å². The largest absolute Gasteiger partial charge is 0.454 e. The molecule has 7 heteroatoms. The van der Waals surface area contributed by atoms with E-state index in [1.807, 2.05) is 31.2 Å². The number of benzene rings is 2. The van der Waals surface area contributed by atoms with Gasteiger partial charge in [0.25, 0.3) is 5.89 Å². The number of aliphatic hydroxyl groups is 1. The molecule has 0 atom stereocenters. The second-order valence-electron chi connectivity index (χ2n) is 5.87. The van der Waals surface area contributed by atoms with Crippen LogP contribution in [0.25, 0.3) is 22.2 Å². The summed E-state index contributed by atoms with van der Waals surface area (Å²) in [7, 11) is 0. The van der Waals surface area contributed by atoms with Crippen molar-refractivity contribution < 1.29 is 18.8 Å². The van der Waals surface area contributed by atoms with Crippen LogP contribution < -0.4 is 4.74 Å². The first-order valence-corrected chi connectivity index (χ1v) is 9.03. The van der Waals surface area contributed by atoms with Gasteiger partial charge < -0.3 is 14.4 Å². The summed E-state index contributed by atoms with van der Waals surface area (Å²) in [4.78, 5) is 6.00. The van der Waals surface area contributed by atoms with Crippen molar-refractivity contribution in [2.24, 2.45) is 0 Å². The number of aryl methyl sites for hydroxylation is 1. The first kappa shape index (κ1) is 17.4. The highest BCUT2D eigenvalue weighted by Gasteiger charge is 2.17. The second kappa shape index (κ2) is 7.30. The molecule has 2 aromatic carbocycles. The summed E-state index contributed by atoms with van der Waals surface area (Å²) in [6.45, 7) is 1.88. The highest BCUT2D eigenvalue weighted by Crippen LogP contribution is 2.33. The van der Waals surface area contributed by atoms with Crippen LogP contribution >= 0.6 is 11.3 Å². The number of hydrogen-bond acceptors (Lipinski definition) is 6. The summed E-state index contributed by atoms with van der Waals surface area (Å²) < 4.78 is 25.3. The smallest absolute Gasteiger partial charge is 0.258 e. The monoisotopic (exact) mass is 382 g/mol. The van der Waals surface area contributed by atoms with Crippen molar-refractivity contribution >= 4 is 11.3 Å². The molecule has 0 aliphatic rings. The van der Waals surface area contributed by atoms with Crippen LogP contribution in [0.2, 0.25) is 0 Å². The SMILES string of the molecule is Cc1cc(CO)sc1-c1noc(-c2ccc(Oc3ccccc3)c(F)c2)n1. The van der Waals surface area contributed by atoms with Gasteiger partial charge in [0.15, 0.2) is 11.6 Å². The zero-order chi connectivity index (χ0) is 18.8. The Bertz CT molecular complexity index is 1080. The van der Waals surface area contributed by atoms with Gasteiger partial charge in [-0.2, -0.15) is 4.98 Å². The topological polar surface area (TPSA) is 68.4 Å². The number of thiophene rings is 1. The van der Waals surface area contributed by atoms with Gasteiger partial charge >= 0.3 is 0 Å². The molecule has 2 heterocycles. The van der Waals surface area contributed by atoms with E-state index in [1.54, 1.807) is 18.2 Å². The summed E-state index contributed by atoms with van der Waals surface area (Å²) in [6, 6.07) is 15.4. The van der Waals surface area contributed by atoms with E-state index in [0.29, 0.717) is 17.1 Å². The quantitative estimate of drug-likeness (QED) is 0.514. The van der Waals surface area contributed by atoms with E-state index >= 15 is 0 Å². The number of para-hydroxylation sites is 1. The lowest BCUT2D eigenvalue weighted by atomic mass is 10.2. The molecule has 2 aromatic heterocycles. The van der Waals surface area contributed by atoms with Crippen molar-refractivity contribution in [3.8, 4) is 33.7 Å². The van der Waals surface area contributed by atoms with Crippen LogP contribution in [-0.2, 0) is 6.61 Å². The van der Waals surface area contributed by atoms with E-state index in [0.717, 1.165) is 15.3 Å². The van der Waals surface area contributed by atoms with Crippen molar-refractivity contribution in [3.63, 3.8) is 0 Å². The number of ether oxygens (including phenoxy) is 1. The van der Waals surface area contributed by atoms with Gasteiger partial charge in [-0.1, -0.05) is 23.4 Å². The molecule has 4 aromatic rings. The summed E-state index contributed by atoms with van der Waals surface area (Å²) in [6.07, 6.45) is 0. The Balaban J connectivity index is 1.60. The zero-order valence-electron chi connectivity index (χ0n) is 14.3. The van der Waals surface area contributed by atoms with Gasteiger partial charge in [0.2, 0.25) is 5.82 Å². The summed E-state index contributed by atoms with van der Waals surface area (Å²) >= 11 is 1.40. The first-order chi connectivity index (χ1) is 13.1. The Morgan fingerprint density at radius 3 is 2.67 bits per heavy atom. The molecule has 1 N–H and O–H groups in total. The average Bonchev–Trinajstić information content (AvgIpc) is 3.30. The second-order valence-corrected chi connectivity index (χ2v) is 7.00. The fourth-order valence-electron chi connectivity index (χ4n) is 2.61. The molecule has 0 fully saturated rings. The molecule has 0 aliphatic carbocycles. The molecule has 0 radical (unpaired) electrons. The minimum atomic E-state index is -0.522. The number of halogens is 1. The molecule has 136 valence electrons. The first-order valence-electron chi connectivity index (χ1n) is 8.21. The van der Waals surface area contributed by atoms with Crippen LogP contribution in [0.15, 0.2) is 59.1 Å². The lowest BCUT2D eigenvalue weighted by Crippen LogP contribution is -1.89. The molecule has 5 nitrogen and oxygen atoms in total. The van der Waals surface area contributed by atoms with E-state index in [1.165, 1.54) is 23.5 Å². The molecule has 0 amide bonds. The number of aliphatic hydroxyl groups excluding tert-OH is 1. The fraction of sp³-hybridized carbons (Fsp3) is 0.100. The molecular formula is C20H15FN2O3S. The van der Waals surface area contributed by atoms with E-state index in [-0.39, 0.29) is 18.2 Å². The van der Waals surface area contributed by atoms with Crippen molar-refractivity contribution in [1.29, 1.82) is 0 Å². The molecular weight excluding hydrogens is 367 g/mol. The molecule has 0 spiro atoms. The van der Waals surface area contributed by atoms with Gasteiger partial charge in [0.05, 0.1) is 11.5 Å². The Labute approximate surface area is 158 Å². The van der Waals surface area contributed by atoms with Gasteiger partial charge in [-0.15, -0.1) is 11.3 Å². The summed E-state index contributed by atoms with van der Waals surface area (Å²) in [5.74, 6) is 0.778. The predicted molar refractivity (Wildman–Crippen MR) is 100 cm³/mol. The maximum atomic E-state index is 14.4. The summed E-state index contributed by atoms with van der Waals surface area (Å²) in [5, 5.41) is 13.2. The number of hydrogen-bond donors (Lipinski definition) is 1. The van der Waals surface area contributed by atoms with Crippen LogP contribution in [-0.4, -0.2) is 15.2 Å². The van der Waals surface area contributed by atoms with E-state index < -0.39 is 5.82 Å². The summed E-state index contributed by atoms with van der Waals surface area (Å²) in [5.41, 5.74) is 1.41. The van der Waals surface area contributed by atoms with Crippen molar-refractivity contribution in [2.45, 2.75) is 13.5 Å². The van der Waals surface area contributed by atoms with Gasteiger partial charge in [-0.3, -0.25) is 0 Å². The molecule has 0 saturated carbocycles. The number of aromatic nitrogens is 2. The lowest BCUT2D eigenvalue weighted by Gasteiger charge is -2.06. The average molecular weight is 382 g/mol. The third-order valence-corrected chi connectivity index (χ3v) is 5.12. The molecule has 0 saturated heterocycles. The van der Waals surface area contributed by atoms with E-state index in [4.69, 9.17) is 9.26 Å². The Kier molecular flexibility index (Phi) is 4.70. The van der Waals surface area contributed by atoms with E-state index in [9.17, 15) is 9.50 Å². The minimum absolute atomic E-state index is 0.0374. The Hall–Kier alpha value is -3.03.